The molecular formula is C21H22N2O7. The molecule has 4 rings (SSSR count). The standard InChI is InChI=1S/C21H22N2O7/c1-12(19(25)22-13-6-7-16-17(10-13)29-11-28-16)30-18(24)8-9-23-20(26)14-4-2-3-5-15(14)21(23)27/h2-3,6-7,10,12,14-15H,4-5,8-9,11H2,1H3,(H,22,25)/t12-,14+,15+/m1/s1. The van der Waals surface area contributed by atoms with Crippen molar-refractivity contribution in [3.8, 4) is 11.5 Å². The molecule has 0 saturated carbocycles. The summed E-state index contributed by atoms with van der Waals surface area (Å²) < 4.78 is 15.6. The van der Waals surface area contributed by atoms with Crippen molar-refractivity contribution in [2.24, 2.45) is 11.8 Å². The van der Waals surface area contributed by atoms with E-state index >= 15 is 0 Å². The predicted octanol–water partition coefficient (Wildman–Crippen LogP) is 1.63. The van der Waals surface area contributed by atoms with Gasteiger partial charge in [-0.1, -0.05) is 12.2 Å². The third-order valence-corrected chi connectivity index (χ3v) is 5.46. The lowest BCUT2D eigenvalue weighted by Gasteiger charge is -2.16. The number of carbonyl (C=O) groups excluding carboxylic acids is 4. The van der Waals surface area contributed by atoms with Crippen molar-refractivity contribution in [1.82, 2.24) is 4.90 Å². The van der Waals surface area contributed by atoms with E-state index in [-0.39, 0.29) is 43.4 Å². The normalized spacial score (nSPS) is 22.6. The first kappa shape index (κ1) is 19.9. The van der Waals surface area contributed by atoms with Gasteiger partial charge in [-0.2, -0.15) is 0 Å². The van der Waals surface area contributed by atoms with Gasteiger partial charge >= 0.3 is 5.97 Å². The van der Waals surface area contributed by atoms with Gasteiger partial charge in [0.15, 0.2) is 17.6 Å². The molecule has 1 aliphatic carbocycles. The number of nitrogens with zero attached hydrogens (tertiary/aromatic N) is 1. The smallest absolute Gasteiger partial charge is 0.308 e. The van der Waals surface area contributed by atoms with E-state index in [9.17, 15) is 19.2 Å². The fourth-order valence-electron chi connectivity index (χ4n) is 3.82. The molecule has 158 valence electrons. The van der Waals surface area contributed by atoms with Crippen LogP contribution in [0.1, 0.15) is 26.2 Å². The Hall–Kier alpha value is -3.36. The van der Waals surface area contributed by atoms with Crippen molar-refractivity contribution in [2.75, 3.05) is 18.7 Å². The van der Waals surface area contributed by atoms with E-state index < -0.39 is 18.0 Å². The largest absolute Gasteiger partial charge is 0.454 e. The molecule has 1 saturated heterocycles. The molecule has 3 amide bonds. The van der Waals surface area contributed by atoms with Gasteiger partial charge in [-0.15, -0.1) is 0 Å². The summed E-state index contributed by atoms with van der Waals surface area (Å²) in [5.41, 5.74) is 0.483. The van der Waals surface area contributed by atoms with Gasteiger partial charge in [0.25, 0.3) is 5.91 Å². The minimum absolute atomic E-state index is 0.0417. The minimum atomic E-state index is -1.04. The summed E-state index contributed by atoms with van der Waals surface area (Å²) in [7, 11) is 0. The summed E-state index contributed by atoms with van der Waals surface area (Å²) in [4.78, 5) is 50.4. The third-order valence-electron chi connectivity index (χ3n) is 5.46. The summed E-state index contributed by atoms with van der Waals surface area (Å²) in [6.07, 6.45) is 3.71. The molecule has 0 spiro atoms. The van der Waals surface area contributed by atoms with E-state index in [0.717, 1.165) is 4.90 Å². The van der Waals surface area contributed by atoms with Crippen LogP contribution in [0.25, 0.3) is 0 Å². The van der Waals surface area contributed by atoms with E-state index in [1.165, 1.54) is 6.92 Å². The average molecular weight is 414 g/mol. The fraction of sp³-hybridized carbons (Fsp3) is 0.429. The number of imide groups is 1. The SMILES string of the molecule is C[C@@H](OC(=O)CCN1C(=O)[C@H]2CC=CC[C@@H]2C1=O)C(=O)Nc1ccc2c(c1)OCO2. The van der Waals surface area contributed by atoms with Crippen LogP contribution in [-0.2, 0) is 23.9 Å². The molecule has 9 nitrogen and oxygen atoms in total. The van der Waals surface area contributed by atoms with Gasteiger partial charge in [0.2, 0.25) is 18.6 Å². The number of allylic oxidation sites excluding steroid dienone is 2. The van der Waals surface area contributed by atoms with E-state index in [0.29, 0.717) is 30.0 Å². The van der Waals surface area contributed by atoms with Crippen molar-refractivity contribution in [3.05, 3.63) is 30.4 Å². The van der Waals surface area contributed by atoms with E-state index in [1.807, 2.05) is 12.2 Å². The number of nitrogens with one attached hydrogen (secondary N) is 1. The number of hydrogen-bond donors (Lipinski definition) is 1. The summed E-state index contributed by atoms with van der Waals surface area (Å²) in [6.45, 7) is 1.54. The third kappa shape index (κ3) is 3.87. The van der Waals surface area contributed by atoms with Crippen LogP contribution < -0.4 is 14.8 Å². The van der Waals surface area contributed by atoms with Crippen LogP contribution in [0.3, 0.4) is 0 Å². The molecule has 1 aromatic carbocycles. The van der Waals surface area contributed by atoms with Crippen LogP contribution in [0.2, 0.25) is 0 Å². The lowest BCUT2D eigenvalue weighted by Crippen LogP contribution is -2.35. The summed E-state index contributed by atoms with van der Waals surface area (Å²) in [5, 5.41) is 2.64. The van der Waals surface area contributed by atoms with Crippen molar-refractivity contribution in [2.45, 2.75) is 32.3 Å². The molecule has 0 aromatic heterocycles. The number of carbonyl (C=O) groups is 4. The molecule has 3 aliphatic rings. The number of anilines is 1. The Labute approximate surface area is 172 Å². The van der Waals surface area contributed by atoms with Crippen LogP contribution in [0.4, 0.5) is 5.69 Å². The first-order valence-corrected chi connectivity index (χ1v) is 9.84. The molecule has 0 radical (unpaired) electrons. The van der Waals surface area contributed by atoms with Crippen LogP contribution in [0, 0.1) is 11.8 Å². The molecule has 0 bridgehead atoms. The molecule has 1 aromatic rings. The number of likely N-dealkylation sites (tertiary alicyclic amines) is 1. The second-order valence-corrected chi connectivity index (χ2v) is 7.42. The zero-order valence-electron chi connectivity index (χ0n) is 16.5. The Morgan fingerprint density at radius 1 is 1.13 bits per heavy atom. The maximum Gasteiger partial charge on any atom is 0.308 e. The molecular weight excluding hydrogens is 392 g/mol. The fourth-order valence-corrected chi connectivity index (χ4v) is 3.82. The van der Waals surface area contributed by atoms with Gasteiger partial charge in [0.05, 0.1) is 18.3 Å². The van der Waals surface area contributed by atoms with Crippen LogP contribution in [0.15, 0.2) is 30.4 Å². The lowest BCUT2D eigenvalue weighted by molar-refractivity contribution is -0.154. The van der Waals surface area contributed by atoms with Crippen LogP contribution >= 0.6 is 0 Å². The molecule has 1 fully saturated rings. The topological polar surface area (TPSA) is 111 Å². The number of benzene rings is 1. The maximum atomic E-state index is 12.4. The lowest BCUT2D eigenvalue weighted by atomic mass is 9.85. The Morgan fingerprint density at radius 2 is 1.80 bits per heavy atom. The van der Waals surface area contributed by atoms with Gasteiger partial charge < -0.3 is 19.5 Å². The summed E-state index contributed by atoms with van der Waals surface area (Å²) in [5.74, 6) is -1.19. The molecule has 0 unspecified atom stereocenters. The number of ether oxygens (including phenoxy) is 3. The van der Waals surface area contributed by atoms with Crippen LogP contribution in [0.5, 0.6) is 11.5 Å². The Bertz CT molecular complexity index is 900. The van der Waals surface area contributed by atoms with E-state index in [4.69, 9.17) is 14.2 Å². The number of rotatable bonds is 6. The molecule has 2 heterocycles. The minimum Gasteiger partial charge on any atom is -0.454 e. The zero-order chi connectivity index (χ0) is 21.3. The number of fused-ring (bicyclic) bond motifs is 2. The number of esters is 1. The van der Waals surface area contributed by atoms with Gasteiger partial charge in [0.1, 0.15) is 0 Å². The Balaban J connectivity index is 1.26. The van der Waals surface area contributed by atoms with Gasteiger partial charge in [-0.3, -0.25) is 24.1 Å². The molecule has 2 aliphatic heterocycles. The van der Waals surface area contributed by atoms with Crippen LogP contribution in [-0.4, -0.2) is 48.0 Å². The van der Waals surface area contributed by atoms with Gasteiger partial charge in [-0.05, 0) is 31.9 Å². The zero-order valence-corrected chi connectivity index (χ0v) is 16.5. The first-order valence-electron chi connectivity index (χ1n) is 9.84. The second-order valence-electron chi connectivity index (χ2n) is 7.42. The van der Waals surface area contributed by atoms with Gasteiger partial charge in [0, 0.05) is 18.3 Å². The van der Waals surface area contributed by atoms with Crippen molar-refractivity contribution in [3.63, 3.8) is 0 Å². The quantitative estimate of drug-likeness (QED) is 0.428. The molecule has 9 heteroatoms. The summed E-state index contributed by atoms with van der Waals surface area (Å²) in [6, 6.07) is 4.94. The maximum absolute atomic E-state index is 12.4. The van der Waals surface area contributed by atoms with Gasteiger partial charge in [-0.25, -0.2) is 0 Å². The first-order chi connectivity index (χ1) is 14.4. The molecule has 30 heavy (non-hydrogen) atoms. The predicted molar refractivity (Wildman–Crippen MR) is 103 cm³/mol. The Kier molecular flexibility index (Phi) is 5.43. The highest BCUT2D eigenvalue weighted by molar-refractivity contribution is 6.05. The number of hydrogen-bond acceptors (Lipinski definition) is 7. The van der Waals surface area contributed by atoms with Crippen molar-refractivity contribution < 1.29 is 33.4 Å². The monoisotopic (exact) mass is 414 g/mol. The number of amides is 3. The van der Waals surface area contributed by atoms with E-state index in [2.05, 4.69) is 5.32 Å². The highest BCUT2D eigenvalue weighted by Crippen LogP contribution is 2.35. The highest BCUT2D eigenvalue weighted by Gasteiger charge is 2.47. The average Bonchev–Trinajstić information content (AvgIpc) is 3.29. The molecule has 1 N–H and O–H groups in total. The second kappa shape index (κ2) is 8.17. The highest BCUT2D eigenvalue weighted by atomic mass is 16.7. The van der Waals surface area contributed by atoms with Crippen molar-refractivity contribution in [1.29, 1.82) is 0 Å². The Morgan fingerprint density at radius 3 is 2.50 bits per heavy atom. The summed E-state index contributed by atoms with van der Waals surface area (Å²) >= 11 is 0. The van der Waals surface area contributed by atoms with Crippen molar-refractivity contribution >= 4 is 29.4 Å². The molecule has 3 atom stereocenters. The van der Waals surface area contributed by atoms with E-state index in [1.54, 1.807) is 18.2 Å².